The third-order valence-corrected chi connectivity index (χ3v) is 4.60. The summed E-state index contributed by atoms with van der Waals surface area (Å²) >= 11 is 0. The van der Waals surface area contributed by atoms with Gasteiger partial charge in [-0.25, -0.2) is 4.99 Å². The molecule has 0 bridgehead atoms. The van der Waals surface area contributed by atoms with E-state index >= 15 is 0 Å². The van der Waals surface area contributed by atoms with Crippen molar-refractivity contribution in [1.29, 1.82) is 0 Å². The van der Waals surface area contributed by atoms with Crippen LogP contribution in [0, 0.1) is 6.92 Å². The van der Waals surface area contributed by atoms with Crippen molar-refractivity contribution in [3.63, 3.8) is 0 Å². The van der Waals surface area contributed by atoms with Crippen LogP contribution in [0.4, 0.5) is 5.69 Å². The van der Waals surface area contributed by atoms with Crippen LogP contribution in [0.2, 0.25) is 0 Å². The van der Waals surface area contributed by atoms with Gasteiger partial charge in [-0.3, -0.25) is 10.1 Å². The van der Waals surface area contributed by atoms with E-state index in [2.05, 4.69) is 15.6 Å². The zero-order valence-corrected chi connectivity index (χ0v) is 17.0. The van der Waals surface area contributed by atoms with Crippen LogP contribution in [-0.4, -0.2) is 45.3 Å². The average Bonchev–Trinajstić information content (AvgIpc) is 3.25. The number of nitrogens with zero attached hydrogens (tertiary/aromatic N) is 1. The van der Waals surface area contributed by atoms with Gasteiger partial charge in [0.15, 0.2) is 0 Å². The minimum Gasteiger partial charge on any atom is -0.497 e. The van der Waals surface area contributed by atoms with Crippen LogP contribution < -0.4 is 20.1 Å². The number of aliphatic imine (C=N–C) groups is 1. The number of guanidine groups is 1. The predicted molar refractivity (Wildman–Crippen MR) is 113 cm³/mol. The minimum absolute atomic E-state index is 0.0718. The Morgan fingerprint density at radius 1 is 1.17 bits per heavy atom. The van der Waals surface area contributed by atoms with Crippen molar-refractivity contribution in [2.24, 2.45) is 4.99 Å². The molecule has 2 aromatic rings. The second kappa shape index (κ2) is 9.93. The number of amides is 1. The first kappa shape index (κ1) is 20.7. The number of carbonyl (C=O) groups excluding carboxylic acids is 1. The van der Waals surface area contributed by atoms with E-state index < -0.39 is 0 Å². The molecule has 154 valence electrons. The summed E-state index contributed by atoms with van der Waals surface area (Å²) in [6.45, 7) is 3.17. The number of aryl methyl sites for hydroxylation is 1. The molecule has 3 rings (SSSR count). The highest BCUT2D eigenvalue weighted by Gasteiger charge is 2.16. The summed E-state index contributed by atoms with van der Waals surface area (Å²) < 4.78 is 16.3. The number of ether oxygens (including phenoxy) is 3. The Bertz CT molecular complexity index is 854. The van der Waals surface area contributed by atoms with Gasteiger partial charge in [0.25, 0.3) is 5.91 Å². The largest absolute Gasteiger partial charge is 0.497 e. The van der Waals surface area contributed by atoms with E-state index in [4.69, 9.17) is 14.2 Å². The van der Waals surface area contributed by atoms with Crippen LogP contribution in [0.5, 0.6) is 11.5 Å². The number of carbonyl (C=O) groups is 1. The summed E-state index contributed by atoms with van der Waals surface area (Å²) in [4.78, 5) is 17.3. The molecule has 2 N–H and O–H groups in total. The second-order valence-corrected chi connectivity index (χ2v) is 6.87. The van der Waals surface area contributed by atoms with Gasteiger partial charge >= 0.3 is 0 Å². The Morgan fingerprint density at radius 2 is 1.93 bits per heavy atom. The molecule has 7 nitrogen and oxygen atoms in total. The fraction of sp³-hybridized carbons (Fsp3) is 0.364. The van der Waals surface area contributed by atoms with Crippen molar-refractivity contribution in [2.45, 2.75) is 25.9 Å². The lowest BCUT2D eigenvalue weighted by molar-refractivity contribution is 0.0975. The van der Waals surface area contributed by atoms with Gasteiger partial charge in [0.05, 0.1) is 26.9 Å². The lowest BCUT2D eigenvalue weighted by Gasteiger charge is -2.15. The maximum absolute atomic E-state index is 12.7. The smallest absolute Gasteiger partial charge is 0.257 e. The zero-order valence-electron chi connectivity index (χ0n) is 17.0. The first-order valence-corrected chi connectivity index (χ1v) is 9.61. The number of nitrogens with one attached hydrogen (secondary N) is 2. The summed E-state index contributed by atoms with van der Waals surface area (Å²) in [6.07, 6.45) is 2.07. The summed E-state index contributed by atoms with van der Waals surface area (Å²) in [5.41, 5.74) is 2.28. The zero-order chi connectivity index (χ0) is 20.6. The van der Waals surface area contributed by atoms with Crippen LogP contribution in [0.3, 0.4) is 0 Å². The fourth-order valence-electron chi connectivity index (χ4n) is 3.07. The maximum atomic E-state index is 12.7. The van der Waals surface area contributed by atoms with Crippen molar-refractivity contribution >= 4 is 17.6 Å². The summed E-state index contributed by atoms with van der Waals surface area (Å²) in [5, 5.41) is 6.04. The molecule has 1 aliphatic rings. The van der Waals surface area contributed by atoms with Crippen molar-refractivity contribution in [3.8, 4) is 11.5 Å². The van der Waals surface area contributed by atoms with E-state index in [1.54, 1.807) is 26.4 Å². The van der Waals surface area contributed by atoms with E-state index in [1.807, 2.05) is 37.3 Å². The van der Waals surface area contributed by atoms with Gasteiger partial charge in [0.1, 0.15) is 11.5 Å². The summed E-state index contributed by atoms with van der Waals surface area (Å²) in [7, 11) is 3.18. The van der Waals surface area contributed by atoms with Gasteiger partial charge in [-0.05, 0) is 31.9 Å². The molecule has 7 heteroatoms. The molecular formula is C22H27N3O4. The molecule has 0 aliphatic carbocycles. The third kappa shape index (κ3) is 5.96. The summed E-state index contributed by atoms with van der Waals surface area (Å²) in [6, 6.07) is 12.8. The Hall–Kier alpha value is -3.06. The molecule has 1 atom stereocenters. The predicted octanol–water partition coefficient (Wildman–Crippen LogP) is 3.39. The van der Waals surface area contributed by atoms with Crippen LogP contribution >= 0.6 is 0 Å². The fourth-order valence-corrected chi connectivity index (χ4v) is 3.07. The van der Waals surface area contributed by atoms with Gasteiger partial charge in [-0.2, -0.15) is 0 Å². The van der Waals surface area contributed by atoms with Crippen LogP contribution in [0.1, 0.15) is 28.8 Å². The SMILES string of the molecule is COc1cc(NC(=NC[C@H]2CCCO2)NC(=O)c2cccc(C)c2)cc(OC)c1. The lowest BCUT2D eigenvalue weighted by Crippen LogP contribution is -2.36. The number of anilines is 1. The molecule has 1 aliphatic heterocycles. The highest BCUT2D eigenvalue weighted by atomic mass is 16.5. The van der Waals surface area contributed by atoms with E-state index in [-0.39, 0.29) is 12.0 Å². The van der Waals surface area contributed by atoms with E-state index in [9.17, 15) is 4.79 Å². The molecule has 0 radical (unpaired) electrons. The molecule has 0 unspecified atom stereocenters. The van der Waals surface area contributed by atoms with E-state index in [0.29, 0.717) is 35.3 Å². The monoisotopic (exact) mass is 397 g/mol. The van der Waals surface area contributed by atoms with Gasteiger partial charge in [-0.15, -0.1) is 0 Å². The highest BCUT2D eigenvalue weighted by molar-refractivity contribution is 6.10. The Balaban J connectivity index is 1.80. The molecule has 0 spiro atoms. The van der Waals surface area contributed by atoms with Crippen LogP contribution in [0.15, 0.2) is 47.5 Å². The summed E-state index contributed by atoms with van der Waals surface area (Å²) in [5.74, 6) is 1.38. The third-order valence-electron chi connectivity index (χ3n) is 4.60. The first-order valence-electron chi connectivity index (χ1n) is 9.61. The first-order chi connectivity index (χ1) is 14.1. The molecule has 1 saturated heterocycles. The van der Waals surface area contributed by atoms with E-state index in [0.717, 1.165) is 25.0 Å². The van der Waals surface area contributed by atoms with Crippen molar-refractivity contribution in [3.05, 3.63) is 53.6 Å². The number of hydrogen-bond donors (Lipinski definition) is 2. The molecule has 1 fully saturated rings. The van der Waals surface area contributed by atoms with E-state index in [1.165, 1.54) is 0 Å². The molecule has 1 amide bonds. The normalized spacial score (nSPS) is 16.4. The van der Waals surface area contributed by atoms with Gasteiger partial charge < -0.3 is 19.5 Å². The maximum Gasteiger partial charge on any atom is 0.257 e. The molecule has 1 heterocycles. The van der Waals surface area contributed by atoms with Crippen molar-refractivity contribution in [2.75, 3.05) is 32.7 Å². The molecule has 2 aromatic carbocycles. The minimum atomic E-state index is -0.234. The standard InChI is InChI=1S/C22H27N3O4/c1-15-6-4-7-16(10-15)21(26)25-22(23-14-18-8-5-9-29-18)24-17-11-19(27-2)13-20(12-17)28-3/h4,6-7,10-13,18H,5,8-9,14H2,1-3H3,(H2,23,24,25,26)/t18-/m1/s1. The Kier molecular flexibility index (Phi) is 7.08. The molecular weight excluding hydrogens is 370 g/mol. The quantitative estimate of drug-likeness (QED) is 0.577. The van der Waals surface area contributed by atoms with Gasteiger partial charge in [-0.1, -0.05) is 17.7 Å². The Morgan fingerprint density at radius 3 is 2.55 bits per heavy atom. The van der Waals surface area contributed by atoms with Gasteiger partial charge in [0, 0.05) is 36.1 Å². The van der Waals surface area contributed by atoms with Crippen molar-refractivity contribution in [1.82, 2.24) is 5.32 Å². The number of hydrogen-bond acceptors (Lipinski definition) is 5. The molecule has 0 saturated carbocycles. The average molecular weight is 397 g/mol. The topological polar surface area (TPSA) is 81.2 Å². The van der Waals surface area contributed by atoms with Gasteiger partial charge in [0.2, 0.25) is 5.96 Å². The van der Waals surface area contributed by atoms with Crippen LogP contribution in [-0.2, 0) is 4.74 Å². The van der Waals surface area contributed by atoms with Crippen molar-refractivity contribution < 1.29 is 19.0 Å². The van der Waals surface area contributed by atoms with Crippen LogP contribution in [0.25, 0.3) is 0 Å². The number of rotatable bonds is 6. The second-order valence-electron chi connectivity index (χ2n) is 6.87. The highest BCUT2D eigenvalue weighted by Crippen LogP contribution is 2.25. The Labute approximate surface area is 171 Å². The lowest BCUT2D eigenvalue weighted by atomic mass is 10.1. The molecule has 0 aromatic heterocycles. The number of methoxy groups -OCH3 is 2. The molecule has 29 heavy (non-hydrogen) atoms. The number of benzene rings is 2.